The van der Waals surface area contributed by atoms with Crippen LogP contribution < -0.4 is 0 Å². The molecule has 0 fully saturated rings. The normalized spacial score (nSPS) is 14.8. The Labute approximate surface area is 141 Å². The minimum absolute atomic E-state index is 0.0165. The molecule has 2 rings (SSSR count). The van der Waals surface area contributed by atoms with Crippen molar-refractivity contribution >= 4 is 27.6 Å². The van der Waals surface area contributed by atoms with Crippen LogP contribution in [0.4, 0.5) is 13.2 Å². The van der Waals surface area contributed by atoms with Crippen molar-refractivity contribution in [2.75, 3.05) is 7.11 Å². The Balaban J connectivity index is 2.65. The topological polar surface area (TPSA) is 86.7 Å². The lowest BCUT2D eigenvalue weighted by molar-refractivity contribution is -0.113. The molecule has 0 N–H and O–H groups in total. The summed E-state index contributed by atoms with van der Waals surface area (Å²) in [4.78, 5) is 23.3. The highest BCUT2D eigenvalue weighted by Crippen LogP contribution is 2.37. The second-order valence-electron chi connectivity index (χ2n) is 5.21. The smallest absolute Gasteiger partial charge is 0.465 e. The molecule has 1 aliphatic carbocycles. The number of carbonyl (C=O) groups is 2. The van der Waals surface area contributed by atoms with Crippen LogP contribution in [0.1, 0.15) is 34.8 Å². The van der Waals surface area contributed by atoms with Gasteiger partial charge in [-0.2, -0.15) is 21.6 Å². The Morgan fingerprint density at radius 3 is 2.32 bits per heavy atom. The van der Waals surface area contributed by atoms with Crippen molar-refractivity contribution in [3.05, 3.63) is 40.5 Å². The van der Waals surface area contributed by atoms with Gasteiger partial charge in [-0.05, 0) is 37.5 Å². The van der Waals surface area contributed by atoms with Gasteiger partial charge in [-0.25, -0.2) is 4.79 Å². The summed E-state index contributed by atoms with van der Waals surface area (Å²) < 4.78 is 69.6. The first-order valence-corrected chi connectivity index (χ1v) is 8.35. The van der Waals surface area contributed by atoms with E-state index in [4.69, 9.17) is 0 Å². The fourth-order valence-electron chi connectivity index (χ4n) is 2.37. The summed E-state index contributed by atoms with van der Waals surface area (Å²) in [6, 6.07) is 3.98. The number of hydrogen-bond donors (Lipinski definition) is 0. The van der Waals surface area contributed by atoms with E-state index in [-0.39, 0.29) is 29.5 Å². The van der Waals surface area contributed by atoms with E-state index >= 15 is 0 Å². The summed E-state index contributed by atoms with van der Waals surface area (Å²) in [5, 5.41) is 0. The third kappa shape index (κ3) is 3.68. The number of ketones is 1. The summed E-state index contributed by atoms with van der Waals surface area (Å²) in [6.45, 7) is 1.09. The van der Waals surface area contributed by atoms with Crippen LogP contribution in [0.15, 0.2) is 23.8 Å². The molecule has 0 heterocycles. The van der Waals surface area contributed by atoms with E-state index in [0.29, 0.717) is 5.56 Å². The molecule has 1 aromatic rings. The highest BCUT2D eigenvalue weighted by Gasteiger charge is 2.49. The predicted molar refractivity (Wildman–Crippen MR) is 79.8 cm³/mol. The Bertz CT molecular complexity index is 868. The maximum atomic E-state index is 12.7. The number of fused-ring (bicyclic) bond motifs is 1. The third-order valence-corrected chi connectivity index (χ3v) is 4.55. The summed E-state index contributed by atoms with van der Waals surface area (Å²) in [5.41, 5.74) is -5.48. The van der Waals surface area contributed by atoms with Gasteiger partial charge in [0.15, 0.2) is 11.5 Å². The van der Waals surface area contributed by atoms with Gasteiger partial charge in [0.1, 0.15) is 0 Å². The predicted octanol–water partition coefficient (Wildman–Crippen LogP) is 2.59. The lowest BCUT2D eigenvalue weighted by atomic mass is 9.88. The molecule has 0 unspecified atom stereocenters. The first-order valence-electron chi connectivity index (χ1n) is 6.94. The molecule has 136 valence electrons. The Hall–Kier alpha value is -2.36. The summed E-state index contributed by atoms with van der Waals surface area (Å²) >= 11 is 0. The average Bonchev–Trinajstić information content (AvgIpc) is 2.52. The van der Waals surface area contributed by atoms with E-state index in [0.717, 1.165) is 20.1 Å². The van der Waals surface area contributed by atoms with E-state index in [1.165, 1.54) is 12.1 Å². The highest BCUT2D eigenvalue weighted by atomic mass is 32.2. The molecule has 0 aromatic heterocycles. The van der Waals surface area contributed by atoms with Gasteiger partial charge in [0.25, 0.3) is 0 Å². The van der Waals surface area contributed by atoms with Gasteiger partial charge in [0.05, 0.1) is 12.7 Å². The fraction of sp³-hybridized carbons (Fsp3) is 0.333. The van der Waals surface area contributed by atoms with Crippen LogP contribution in [0.25, 0.3) is 5.76 Å². The minimum Gasteiger partial charge on any atom is -0.465 e. The number of rotatable bonds is 4. The van der Waals surface area contributed by atoms with Crippen LogP contribution >= 0.6 is 0 Å². The van der Waals surface area contributed by atoms with Gasteiger partial charge >= 0.3 is 21.6 Å². The Morgan fingerprint density at radius 1 is 1.16 bits per heavy atom. The zero-order valence-electron chi connectivity index (χ0n) is 13.1. The third-order valence-electron chi connectivity index (χ3n) is 3.60. The van der Waals surface area contributed by atoms with Crippen LogP contribution in [0.3, 0.4) is 0 Å². The van der Waals surface area contributed by atoms with Gasteiger partial charge in [0, 0.05) is 11.1 Å². The molecule has 25 heavy (non-hydrogen) atoms. The van der Waals surface area contributed by atoms with Gasteiger partial charge < -0.3 is 8.92 Å². The Kier molecular flexibility index (Phi) is 4.94. The van der Waals surface area contributed by atoms with E-state index in [1.807, 2.05) is 0 Å². The van der Waals surface area contributed by atoms with E-state index in [1.54, 1.807) is 0 Å². The molecular formula is C15H13F3O6S. The molecule has 1 aliphatic rings. The van der Waals surface area contributed by atoms with Crippen molar-refractivity contribution in [3.63, 3.8) is 0 Å². The summed E-state index contributed by atoms with van der Waals surface area (Å²) in [7, 11) is -4.86. The number of hydrogen-bond acceptors (Lipinski definition) is 6. The number of ether oxygens (including phenoxy) is 1. The molecule has 0 atom stereocenters. The quantitative estimate of drug-likeness (QED) is 0.455. The van der Waals surface area contributed by atoms with Crippen molar-refractivity contribution in [3.8, 4) is 0 Å². The summed E-state index contributed by atoms with van der Waals surface area (Å²) in [5.74, 6) is -2.10. The number of halogens is 3. The van der Waals surface area contributed by atoms with E-state index in [2.05, 4.69) is 8.92 Å². The maximum absolute atomic E-state index is 12.7. The molecule has 0 bridgehead atoms. The van der Waals surface area contributed by atoms with Crippen molar-refractivity contribution in [1.29, 1.82) is 0 Å². The maximum Gasteiger partial charge on any atom is 0.534 e. The number of methoxy groups -OCH3 is 1. The van der Waals surface area contributed by atoms with Crippen LogP contribution in [0.2, 0.25) is 0 Å². The number of alkyl halides is 3. The monoisotopic (exact) mass is 378 g/mol. The molecule has 0 saturated carbocycles. The van der Waals surface area contributed by atoms with E-state index < -0.39 is 33.1 Å². The van der Waals surface area contributed by atoms with E-state index in [9.17, 15) is 31.2 Å². The number of aryl methyl sites for hydroxylation is 1. The molecular weight excluding hydrogens is 365 g/mol. The average molecular weight is 378 g/mol. The van der Waals surface area contributed by atoms with Gasteiger partial charge in [-0.1, -0.05) is 6.07 Å². The number of carbonyl (C=O) groups excluding carboxylic acids is 2. The number of benzene rings is 1. The van der Waals surface area contributed by atoms with Crippen LogP contribution in [-0.2, 0) is 30.3 Å². The SMILES string of the molecule is COC(=O)c1ccc2c(c1)C(OS(=O)(=O)C(F)(F)F)=C(C(C)=O)CC2. The van der Waals surface area contributed by atoms with Crippen molar-refractivity contribution in [2.24, 2.45) is 0 Å². The zero-order valence-corrected chi connectivity index (χ0v) is 14.0. The molecule has 0 radical (unpaired) electrons. The zero-order chi connectivity index (χ0) is 19.0. The number of esters is 1. The first kappa shape index (κ1) is 19.0. The Morgan fingerprint density at radius 2 is 1.80 bits per heavy atom. The molecule has 1 aromatic carbocycles. The van der Waals surface area contributed by atoms with Crippen molar-refractivity contribution in [2.45, 2.75) is 25.3 Å². The van der Waals surface area contributed by atoms with Crippen molar-refractivity contribution < 1.29 is 40.1 Å². The van der Waals surface area contributed by atoms with Gasteiger partial charge in [0.2, 0.25) is 0 Å². The highest BCUT2D eigenvalue weighted by molar-refractivity contribution is 7.87. The molecule has 10 heteroatoms. The molecule has 0 aliphatic heterocycles. The standard InChI is InChI=1S/C15H13F3O6S/c1-8(19)11-6-5-9-3-4-10(14(20)23-2)7-12(9)13(11)24-25(21,22)15(16,17)18/h3-4,7H,5-6H2,1-2H3. The lowest BCUT2D eigenvalue weighted by Gasteiger charge is -2.23. The number of Topliss-reactive ketones (excluding diaryl/α,β-unsaturated/α-hetero) is 1. The first-order chi connectivity index (χ1) is 11.5. The van der Waals surface area contributed by atoms with Crippen LogP contribution in [0.5, 0.6) is 0 Å². The second kappa shape index (κ2) is 6.51. The molecule has 0 spiro atoms. The van der Waals surface area contributed by atoms with Gasteiger partial charge in [-0.3, -0.25) is 4.79 Å². The van der Waals surface area contributed by atoms with Crippen LogP contribution in [-0.4, -0.2) is 32.8 Å². The number of allylic oxidation sites excluding steroid dienone is 1. The van der Waals surface area contributed by atoms with Crippen LogP contribution in [0, 0.1) is 0 Å². The molecule has 0 amide bonds. The summed E-state index contributed by atoms with van der Waals surface area (Å²) in [6.07, 6.45) is 0.299. The largest absolute Gasteiger partial charge is 0.534 e. The fourth-order valence-corrected chi connectivity index (χ4v) is 2.88. The second-order valence-corrected chi connectivity index (χ2v) is 6.75. The van der Waals surface area contributed by atoms with Crippen molar-refractivity contribution in [1.82, 2.24) is 0 Å². The molecule has 6 nitrogen and oxygen atoms in total. The van der Waals surface area contributed by atoms with Gasteiger partial charge in [-0.15, -0.1) is 0 Å². The molecule has 0 saturated heterocycles. The minimum atomic E-state index is -5.97. The lowest BCUT2D eigenvalue weighted by Crippen LogP contribution is -2.27.